The van der Waals surface area contributed by atoms with E-state index in [1.807, 2.05) is 0 Å². The van der Waals surface area contributed by atoms with Crippen LogP contribution in [0.3, 0.4) is 0 Å². The number of nitrogens with one attached hydrogen (secondary N) is 1. The number of thiophene rings is 1. The number of halogens is 3. The molecule has 0 radical (unpaired) electrons. The van der Waals surface area contributed by atoms with Gasteiger partial charge in [0.2, 0.25) is 15.9 Å². The van der Waals surface area contributed by atoms with Gasteiger partial charge in [-0.05, 0) is 23.6 Å². The lowest BCUT2D eigenvalue weighted by atomic mass is 10.3. The van der Waals surface area contributed by atoms with Gasteiger partial charge in [0.25, 0.3) is 5.91 Å². The molecule has 1 fully saturated rings. The third-order valence-electron chi connectivity index (χ3n) is 4.50. The Morgan fingerprint density at radius 2 is 1.73 bits per heavy atom. The van der Waals surface area contributed by atoms with E-state index < -0.39 is 44.2 Å². The summed E-state index contributed by atoms with van der Waals surface area (Å²) in [6, 6.07) is 2.72. The zero-order valence-corrected chi connectivity index (χ0v) is 17.0. The topological polar surface area (TPSA) is 113 Å². The molecule has 0 aliphatic carbocycles. The van der Waals surface area contributed by atoms with E-state index in [1.54, 1.807) is 10.3 Å². The SMILES string of the molecule is NC(=O)c1ccsc1NC(=O)CN1CCN(S(=O)(=O)c2ccc(F)c(F)c2F)CC1. The van der Waals surface area contributed by atoms with Crippen molar-refractivity contribution in [2.75, 3.05) is 38.0 Å². The van der Waals surface area contributed by atoms with Crippen molar-refractivity contribution in [1.82, 2.24) is 9.21 Å². The van der Waals surface area contributed by atoms with Crippen molar-refractivity contribution in [2.45, 2.75) is 4.90 Å². The molecule has 0 saturated carbocycles. The average Bonchev–Trinajstić information content (AvgIpc) is 3.14. The smallest absolute Gasteiger partial charge is 0.251 e. The normalized spacial score (nSPS) is 15.8. The van der Waals surface area contributed by atoms with Gasteiger partial charge in [0.15, 0.2) is 17.5 Å². The molecule has 162 valence electrons. The number of amides is 2. The lowest BCUT2D eigenvalue weighted by Gasteiger charge is -2.33. The van der Waals surface area contributed by atoms with E-state index >= 15 is 0 Å². The quantitative estimate of drug-likeness (QED) is 0.627. The van der Waals surface area contributed by atoms with E-state index in [0.717, 1.165) is 15.6 Å². The highest BCUT2D eigenvalue weighted by atomic mass is 32.2. The molecule has 0 spiro atoms. The second kappa shape index (κ2) is 8.71. The van der Waals surface area contributed by atoms with E-state index in [9.17, 15) is 31.2 Å². The number of hydrogen-bond donors (Lipinski definition) is 2. The van der Waals surface area contributed by atoms with Gasteiger partial charge in [-0.2, -0.15) is 4.31 Å². The number of carbonyl (C=O) groups is 2. The first-order valence-electron chi connectivity index (χ1n) is 8.64. The number of carbonyl (C=O) groups excluding carboxylic acids is 2. The molecule has 1 aromatic carbocycles. The van der Waals surface area contributed by atoms with Crippen LogP contribution in [0.5, 0.6) is 0 Å². The van der Waals surface area contributed by atoms with Gasteiger partial charge in [-0.15, -0.1) is 11.3 Å². The van der Waals surface area contributed by atoms with Crippen molar-refractivity contribution >= 4 is 38.2 Å². The molecule has 1 saturated heterocycles. The molecule has 2 heterocycles. The lowest BCUT2D eigenvalue weighted by molar-refractivity contribution is -0.117. The summed E-state index contributed by atoms with van der Waals surface area (Å²) in [6.07, 6.45) is 0. The molecule has 1 aliphatic rings. The summed E-state index contributed by atoms with van der Waals surface area (Å²) in [5, 5.41) is 4.51. The van der Waals surface area contributed by atoms with Crippen LogP contribution in [0, 0.1) is 17.5 Å². The first-order valence-corrected chi connectivity index (χ1v) is 11.0. The maximum absolute atomic E-state index is 13.9. The third-order valence-corrected chi connectivity index (χ3v) is 7.25. The second-order valence-corrected chi connectivity index (χ2v) is 9.25. The second-order valence-electron chi connectivity index (χ2n) is 6.43. The van der Waals surface area contributed by atoms with E-state index in [2.05, 4.69) is 5.32 Å². The Kier molecular flexibility index (Phi) is 6.45. The zero-order valence-electron chi connectivity index (χ0n) is 15.4. The summed E-state index contributed by atoms with van der Waals surface area (Å²) >= 11 is 1.14. The number of sulfonamides is 1. The van der Waals surface area contributed by atoms with Gasteiger partial charge in [0.1, 0.15) is 9.90 Å². The monoisotopic (exact) mass is 462 g/mol. The average molecular weight is 462 g/mol. The number of piperazine rings is 1. The molecule has 1 aromatic heterocycles. The Morgan fingerprint density at radius 1 is 1.07 bits per heavy atom. The molecule has 13 heteroatoms. The van der Waals surface area contributed by atoms with Gasteiger partial charge in [-0.1, -0.05) is 0 Å². The first-order chi connectivity index (χ1) is 14.1. The fourth-order valence-electron chi connectivity index (χ4n) is 2.94. The predicted octanol–water partition coefficient (Wildman–Crippen LogP) is 1.21. The Labute approximate surface area is 174 Å². The van der Waals surface area contributed by atoms with E-state index in [0.29, 0.717) is 17.1 Å². The lowest BCUT2D eigenvalue weighted by Crippen LogP contribution is -2.50. The fourth-order valence-corrected chi connectivity index (χ4v) is 5.23. The van der Waals surface area contributed by atoms with Crippen molar-refractivity contribution in [3.63, 3.8) is 0 Å². The molecule has 8 nitrogen and oxygen atoms in total. The van der Waals surface area contributed by atoms with E-state index in [-0.39, 0.29) is 38.3 Å². The summed E-state index contributed by atoms with van der Waals surface area (Å²) in [5.74, 6) is -6.18. The van der Waals surface area contributed by atoms with Gasteiger partial charge >= 0.3 is 0 Å². The molecule has 3 N–H and O–H groups in total. The number of rotatable bonds is 6. The molecule has 0 unspecified atom stereocenters. The molecule has 30 heavy (non-hydrogen) atoms. The molecular formula is C17H17F3N4O4S2. The van der Waals surface area contributed by atoms with Gasteiger partial charge in [-0.25, -0.2) is 21.6 Å². The van der Waals surface area contributed by atoms with E-state index in [1.165, 1.54) is 6.07 Å². The van der Waals surface area contributed by atoms with Crippen molar-refractivity contribution in [3.8, 4) is 0 Å². The largest absolute Gasteiger partial charge is 0.366 e. The number of nitrogens with two attached hydrogens (primary N) is 1. The summed E-state index contributed by atoms with van der Waals surface area (Å²) < 4.78 is 66.5. The molecule has 0 atom stereocenters. The number of nitrogens with zero attached hydrogens (tertiary/aromatic N) is 2. The predicted molar refractivity (Wildman–Crippen MR) is 103 cm³/mol. The summed E-state index contributed by atoms with van der Waals surface area (Å²) in [5.41, 5.74) is 5.42. The fraction of sp³-hybridized carbons (Fsp3) is 0.294. The number of hydrogen-bond acceptors (Lipinski definition) is 6. The summed E-state index contributed by atoms with van der Waals surface area (Å²) in [6.45, 7) is 0.110. The van der Waals surface area contributed by atoms with Crippen molar-refractivity contribution < 1.29 is 31.2 Å². The molecule has 2 aromatic rings. The van der Waals surface area contributed by atoms with Crippen LogP contribution >= 0.6 is 11.3 Å². The third kappa shape index (κ3) is 4.48. The summed E-state index contributed by atoms with van der Waals surface area (Å²) in [7, 11) is -4.37. The van der Waals surface area contributed by atoms with Crippen molar-refractivity contribution in [3.05, 3.63) is 46.6 Å². The minimum atomic E-state index is -4.37. The minimum Gasteiger partial charge on any atom is -0.366 e. The highest BCUT2D eigenvalue weighted by molar-refractivity contribution is 7.89. The molecule has 3 rings (SSSR count). The van der Waals surface area contributed by atoms with Gasteiger partial charge < -0.3 is 11.1 Å². The van der Waals surface area contributed by atoms with Crippen LogP contribution in [0.15, 0.2) is 28.5 Å². The molecular weight excluding hydrogens is 445 g/mol. The Hall–Kier alpha value is -2.48. The molecule has 0 bridgehead atoms. The highest BCUT2D eigenvalue weighted by Crippen LogP contribution is 2.25. The Morgan fingerprint density at radius 3 is 2.37 bits per heavy atom. The number of benzene rings is 1. The van der Waals surface area contributed by atoms with Crippen LogP contribution in [0.25, 0.3) is 0 Å². The zero-order chi connectivity index (χ0) is 22.1. The Bertz CT molecular complexity index is 1080. The molecule has 1 aliphatic heterocycles. The van der Waals surface area contributed by atoms with E-state index in [4.69, 9.17) is 5.73 Å². The number of anilines is 1. The van der Waals surface area contributed by atoms with Crippen molar-refractivity contribution in [2.24, 2.45) is 5.73 Å². The van der Waals surface area contributed by atoms with Gasteiger partial charge in [0, 0.05) is 26.2 Å². The number of primary amides is 1. The van der Waals surface area contributed by atoms with Crippen LogP contribution in [0.1, 0.15) is 10.4 Å². The van der Waals surface area contributed by atoms with Crippen LogP contribution in [-0.2, 0) is 14.8 Å². The van der Waals surface area contributed by atoms with Gasteiger partial charge in [-0.3, -0.25) is 14.5 Å². The maximum Gasteiger partial charge on any atom is 0.251 e. The van der Waals surface area contributed by atoms with Crippen LogP contribution < -0.4 is 11.1 Å². The Balaban J connectivity index is 1.60. The first kappa shape index (κ1) is 22.2. The minimum absolute atomic E-state index is 0.0659. The highest BCUT2D eigenvalue weighted by Gasteiger charge is 2.33. The van der Waals surface area contributed by atoms with Crippen molar-refractivity contribution in [1.29, 1.82) is 0 Å². The van der Waals surface area contributed by atoms with Crippen LogP contribution in [-0.4, -0.2) is 62.2 Å². The maximum atomic E-state index is 13.9. The molecule has 2 amide bonds. The van der Waals surface area contributed by atoms with Crippen LogP contribution in [0.2, 0.25) is 0 Å². The van der Waals surface area contributed by atoms with Gasteiger partial charge in [0.05, 0.1) is 12.1 Å². The standard InChI is InChI=1S/C17H17F3N4O4S2/c18-11-1-2-12(15(20)14(11)19)30(27,28)24-6-4-23(5-7-24)9-13(25)22-17-10(16(21)26)3-8-29-17/h1-3,8H,4-7,9H2,(H2,21,26)(H,22,25). The van der Waals surface area contributed by atoms with Crippen LogP contribution in [0.4, 0.5) is 18.2 Å². The summed E-state index contributed by atoms with van der Waals surface area (Å²) in [4.78, 5) is 24.2.